The van der Waals surface area contributed by atoms with Crippen LogP contribution in [0.25, 0.3) is 0 Å². The molecule has 0 aliphatic heterocycles. The predicted octanol–water partition coefficient (Wildman–Crippen LogP) is 1.33. The van der Waals surface area contributed by atoms with E-state index in [2.05, 4.69) is 25.5 Å². The zero-order chi connectivity index (χ0) is 12.4. The summed E-state index contributed by atoms with van der Waals surface area (Å²) >= 11 is 0. The van der Waals surface area contributed by atoms with Gasteiger partial charge in [0, 0.05) is 23.7 Å². The summed E-state index contributed by atoms with van der Waals surface area (Å²) in [6.45, 7) is 0. The molecule has 0 saturated carbocycles. The Morgan fingerprint density at radius 3 is 2.83 bits per heavy atom. The van der Waals surface area contributed by atoms with Crippen LogP contribution >= 0.6 is 0 Å². The molecule has 18 heavy (non-hydrogen) atoms. The number of aromatic nitrogens is 4. The zero-order valence-corrected chi connectivity index (χ0v) is 9.81. The maximum absolute atomic E-state index is 12.1. The van der Waals surface area contributed by atoms with Crippen molar-refractivity contribution in [2.75, 3.05) is 5.32 Å². The Morgan fingerprint density at radius 2 is 2.00 bits per heavy atom. The molecular formula is C12H13N5O. The van der Waals surface area contributed by atoms with Gasteiger partial charge in [-0.25, -0.2) is 9.97 Å². The molecule has 0 fully saturated rings. The van der Waals surface area contributed by atoms with E-state index < -0.39 is 0 Å². The number of carbonyl (C=O) groups excluding carboxylic acids is 1. The fourth-order valence-corrected chi connectivity index (χ4v) is 2.19. The Hall–Kier alpha value is -2.24. The van der Waals surface area contributed by atoms with Crippen molar-refractivity contribution in [1.29, 1.82) is 0 Å². The minimum Gasteiger partial charge on any atom is -0.289 e. The summed E-state index contributed by atoms with van der Waals surface area (Å²) in [5.74, 6) is 0.0515. The monoisotopic (exact) mass is 243 g/mol. The third kappa shape index (κ3) is 1.97. The van der Waals surface area contributed by atoms with Crippen LogP contribution in [0.15, 0.2) is 18.5 Å². The van der Waals surface area contributed by atoms with Crippen molar-refractivity contribution < 1.29 is 4.79 Å². The first-order valence-corrected chi connectivity index (χ1v) is 5.99. The van der Waals surface area contributed by atoms with Gasteiger partial charge in [0.2, 0.25) is 5.95 Å². The summed E-state index contributed by atoms with van der Waals surface area (Å²) < 4.78 is 0. The van der Waals surface area contributed by atoms with Gasteiger partial charge in [-0.2, -0.15) is 5.10 Å². The highest BCUT2D eigenvalue weighted by Crippen LogP contribution is 2.22. The highest BCUT2D eigenvalue weighted by molar-refractivity contribution is 6.03. The number of hydrogen-bond donors (Lipinski definition) is 2. The second kappa shape index (κ2) is 4.56. The largest absolute Gasteiger partial charge is 0.289 e. The van der Waals surface area contributed by atoms with E-state index in [0.717, 1.165) is 36.9 Å². The van der Waals surface area contributed by atoms with E-state index in [1.165, 1.54) is 0 Å². The summed E-state index contributed by atoms with van der Waals surface area (Å²) in [5.41, 5.74) is 2.59. The van der Waals surface area contributed by atoms with Crippen LogP contribution in [0.1, 0.15) is 34.6 Å². The fraction of sp³-hybridized carbons (Fsp3) is 0.333. The van der Waals surface area contributed by atoms with Gasteiger partial charge in [0.15, 0.2) is 5.69 Å². The minimum absolute atomic E-state index is 0.249. The van der Waals surface area contributed by atoms with Crippen LogP contribution in [-0.4, -0.2) is 26.1 Å². The molecule has 0 unspecified atom stereocenters. The fourth-order valence-electron chi connectivity index (χ4n) is 2.19. The molecule has 3 rings (SSSR count). The molecular weight excluding hydrogens is 230 g/mol. The zero-order valence-electron chi connectivity index (χ0n) is 9.81. The van der Waals surface area contributed by atoms with Gasteiger partial charge >= 0.3 is 0 Å². The van der Waals surface area contributed by atoms with Crippen LogP contribution in [0.4, 0.5) is 5.95 Å². The lowest BCUT2D eigenvalue weighted by Crippen LogP contribution is -2.17. The smallest absolute Gasteiger partial charge is 0.278 e. The standard InChI is InChI=1S/C12H13N5O/c18-11(15-12-13-6-3-7-14-12)10-8-4-1-2-5-9(8)16-17-10/h3,6-7H,1-2,4-5H2,(H,16,17)(H,13,14,15,18). The Morgan fingerprint density at radius 1 is 1.22 bits per heavy atom. The molecule has 0 saturated heterocycles. The highest BCUT2D eigenvalue weighted by atomic mass is 16.2. The Labute approximate surface area is 104 Å². The van der Waals surface area contributed by atoms with Gasteiger partial charge in [-0.05, 0) is 31.7 Å². The van der Waals surface area contributed by atoms with Crippen LogP contribution in [0.3, 0.4) is 0 Å². The number of nitrogens with one attached hydrogen (secondary N) is 2. The Bertz CT molecular complexity index is 563. The average Bonchev–Trinajstić information content (AvgIpc) is 2.84. The van der Waals surface area contributed by atoms with Gasteiger partial charge in [0.1, 0.15) is 0 Å². The van der Waals surface area contributed by atoms with Gasteiger partial charge in [0.25, 0.3) is 5.91 Å². The van der Waals surface area contributed by atoms with E-state index >= 15 is 0 Å². The number of aromatic amines is 1. The minimum atomic E-state index is -0.249. The lowest BCUT2D eigenvalue weighted by atomic mass is 9.96. The van der Waals surface area contributed by atoms with E-state index in [9.17, 15) is 4.79 Å². The van der Waals surface area contributed by atoms with E-state index in [4.69, 9.17) is 0 Å². The van der Waals surface area contributed by atoms with Crippen molar-refractivity contribution in [3.63, 3.8) is 0 Å². The number of amides is 1. The summed E-state index contributed by atoms with van der Waals surface area (Å²) in [7, 11) is 0. The molecule has 1 aliphatic rings. The molecule has 92 valence electrons. The molecule has 2 heterocycles. The van der Waals surface area contributed by atoms with Crippen molar-refractivity contribution in [2.45, 2.75) is 25.7 Å². The highest BCUT2D eigenvalue weighted by Gasteiger charge is 2.21. The van der Waals surface area contributed by atoms with Crippen LogP contribution in [-0.2, 0) is 12.8 Å². The molecule has 0 bridgehead atoms. The molecule has 1 amide bonds. The predicted molar refractivity (Wildman–Crippen MR) is 65.2 cm³/mol. The van der Waals surface area contributed by atoms with Crippen molar-refractivity contribution in [2.24, 2.45) is 0 Å². The number of H-pyrrole nitrogens is 1. The Kier molecular flexibility index (Phi) is 2.76. The van der Waals surface area contributed by atoms with Crippen molar-refractivity contribution in [3.8, 4) is 0 Å². The maximum atomic E-state index is 12.1. The third-order valence-corrected chi connectivity index (χ3v) is 3.06. The number of hydrogen-bond acceptors (Lipinski definition) is 4. The number of nitrogens with zero attached hydrogens (tertiary/aromatic N) is 3. The molecule has 0 aromatic carbocycles. The number of carbonyl (C=O) groups is 1. The van der Waals surface area contributed by atoms with E-state index in [0.29, 0.717) is 11.6 Å². The molecule has 0 atom stereocenters. The maximum Gasteiger partial charge on any atom is 0.278 e. The first kappa shape index (κ1) is 10.9. The molecule has 6 nitrogen and oxygen atoms in total. The molecule has 0 radical (unpaired) electrons. The average molecular weight is 243 g/mol. The molecule has 6 heteroatoms. The molecule has 2 aromatic rings. The van der Waals surface area contributed by atoms with E-state index in [1.54, 1.807) is 18.5 Å². The summed E-state index contributed by atoms with van der Waals surface area (Å²) in [5, 5.41) is 9.69. The van der Waals surface area contributed by atoms with E-state index in [1.807, 2.05) is 0 Å². The van der Waals surface area contributed by atoms with Crippen molar-refractivity contribution in [3.05, 3.63) is 35.4 Å². The lowest BCUT2D eigenvalue weighted by Gasteiger charge is -2.10. The SMILES string of the molecule is O=C(Nc1ncccn1)c1n[nH]c2c1CCCC2. The van der Waals surface area contributed by atoms with Gasteiger partial charge in [-0.15, -0.1) is 0 Å². The van der Waals surface area contributed by atoms with Crippen LogP contribution < -0.4 is 5.32 Å². The van der Waals surface area contributed by atoms with Crippen molar-refractivity contribution in [1.82, 2.24) is 20.2 Å². The first-order chi connectivity index (χ1) is 8.84. The van der Waals surface area contributed by atoms with Crippen molar-refractivity contribution >= 4 is 11.9 Å². The Balaban J connectivity index is 1.83. The van der Waals surface area contributed by atoms with Gasteiger partial charge in [0.05, 0.1) is 0 Å². The third-order valence-electron chi connectivity index (χ3n) is 3.06. The van der Waals surface area contributed by atoms with E-state index in [-0.39, 0.29) is 5.91 Å². The number of aryl methyl sites for hydroxylation is 1. The topological polar surface area (TPSA) is 83.6 Å². The second-order valence-corrected chi connectivity index (χ2v) is 4.26. The normalized spacial score (nSPS) is 14.0. The molecule has 0 spiro atoms. The first-order valence-electron chi connectivity index (χ1n) is 5.99. The second-order valence-electron chi connectivity index (χ2n) is 4.26. The summed E-state index contributed by atoms with van der Waals surface area (Å²) in [6.07, 6.45) is 7.31. The number of anilines is 1. The molecule has 2 aromatic heterocycles. The summed E-state index contributed by atoms with van der Waals surface area (Å²) in [6, 6.07) is 1.70. The summed E-state index contributed by atoms with van der Waals surface area (Å²) in [4.78, 5) is 20.0. The number of fused-ring (bicyclic) bond motifs is 1. The van der Waals surface area contributed by atoms with Gasteiger partial charge < -0.3 is 0 Å². The quantitative estimate of drug-likeness (QED) is 0.833. The molecule has 2 N–H and O–H groups in total. The van der Waals surface area contributed by atoms with Crippen LogP contribution in [0, 0.1) is 0 Å². The van der Waals surface area contributed by atoms with Gasteiger partial charge in [-0.1, -0.05) is 0 Å². The molecule has 1 aliphatic carbocycles. The number of rotatable bonds is 2. The van der Waals surface area contributed by atoms with Gasteiger partial charge in [-0.3, -0.25) is 15.2 Å². The van der Waals surface area contributed by atoms with Crippen LogP contribution in [0.5, 0.6) is 0 Å². The lowest BCUT2D eigenvalue weighted by molar-refractivity contribution is 0.102. The van der Waals surface area contributed by atoms with Crippen LogP contribution in [0.2, 0.25) is 0 Å².